The van der Waals surface area contributed by atoms with Crippen molar-refractivity contribution < 1.29 is 19.1 Å². The molecule has 116 valence electrons. The fraction of sp³-hybridized carbons (Fsp3) is 0.625. The largest absolute Gasteiger partial charge is 0.481 e. The van der Waals surface area contributed by atoms with Gasteiger partial charge in [0.2, 0.25) is 0 Å². The number of hydrogen-bond donors (Lipinski definition) is 2. The molecule has 1 aromatic rings. The molecular weight excluding hydrogens is 270 g/mol. The van der Waals surface area contributed by atoms with Crippen LogP contribution in [-0.2, 0) is 11.2 Å². The van der Waals surface area contributed by atoms with E-state index in [0.717, 1.165) is 37.9 Å². The fourth-order valence-electron chi connectivity index (χ4n) is 2.90. The van der Waals surface area contributed by atoms with Gasteiger partial charge in [0.1, 0.15) is 5.76 Å². The lowest BCUT2D eigenvalue weighted by Gasteiger charge is -2.28. The number of hydrogen-bond acceptors (Lipinski definition) is 3. The molecule has 2 N–H and O–H groups in total. The third kappa shape index (κ3) is 3.65. The molecule has 5 nitrogen and oxygen atoms in total. The highest BCUT2D eigenvalue weighted by molar-refractivity contribution is 5.91. The first-order valence-electron chi connectivity index (χ1n) is 7.68. The van der Waals surface area contributed by atoms with Crippen LogP contribution in [0.1, 0.15) is 61.8 Å². The van der Waals surface area contributed by atoms with Crippen molar-refractivity contribution in [3.8, 4) is 0 Å². The Hall–Kier alpha value is -1.78. The van der Waals surface area contributed by atoms with Crippen molar-refractivity contribution in [2.45, 2.75) is 51.9 Å². The number of nitrogens with one attached hydrogen (secondary N) is 1. The molecule has 1 aliphatic carbocycles. The summed E-state index contributed by atoms with van der Waals surface area (Å²) in [5, 5.41) is 12.3. The molecule has 1 aliphatic rings. The summed E-state index contributed by atoms with van der Waals surface area (Å²) in [6.45, 7) is 2.12. The summed E-state index contributed by atoms with van der Waals surface area (Å²) in [6.07, 6.45) is 5.93. The number of aryl methyl sites for hydroxylation is 1. The van der Waals surface area contributed by atoms with E-state index < -0.39 is 11.4 Å². The highest BCUT2D eigenvalue weighted by Gasteiger charge is 2.39. The van der Waals surface area contributed by atoms with Gasteiger partial charge in [-0.15, -0.1) is 0 Å². The molecule has 0 spiro atoms. The lowest BCUT2D eigenvalue weighted by Crippen LogP contribution is -2.42. The van der Waals surface area contributed by atoms with Crippen LogP contribution in [0.15, 0.2) is 16.5 Å². The standard InChI is InChI=1S/C16H23NO4/c1-2-12-7-8-13(21-12)14(18)17-11-16(15(19)20)9-5-3-4-6-10-16/h7-8H,2-6,9-11H2,1H3,(H,17,18)(H,19,20). The number of furan rings is 1. The summed E-state index contributed by atoms with van der Waals surface area (Å²) in [7, 11) is 0. The fourth-order valence-corrected chi connectivity index (χ4v) is 2.90. The smallest absolute Gasteiger partial charge is 0.311 e. The maximum atomic E-state index is 12.1. The van der Waals surface area contributed by atoms with Crippen LogP contribution in [0, 0.1) is 5.41 Å². The number of rotatable bonds is 5. The Morgan fingerprint density at radius 2 is 1.90 bits per heavy atom. The van der Waals surface area contributed by atoms with E-state index in [2.05, 4.69) is 5.32 Å². The highest BCUT2D eigenvalue weighted by atomic mass is 16.4. The van der Waals surface area contributed by atoms with Gasteiger partial charge in [-0.2, -0.15) is 0 Å². The second kappa shape index (κ2) is 6.78. The number of carboxylic acid groups (broad SMARTS) is 1. The van der Waals surface area contributed by atoms with Gasteiger partial charge in [-0.05, 0) is 25.0 Å². The van der Waals surface area contributed by atoms with Gasteiger partial charge in [-0.3, -0.25) is 9.59 Å². The third-order valence-electron chi connectivity index (χ3n) is 4.34. The molecule has 1 heterocycles. The third-order valence-corrected chi connectivity index (χ3v) is 4.34. The summed E-state index contributed by atoms with van der Waals surface area (Å²) in [6, 6.07) is 3.40. The molecule has 0 saturated heterocycles. The van der Waals surface area contributed by atoms with Crippen molar-refractivity contribution in [2.24, 2.45) is 5.41 Å². The van der Waals surface area contributed by atoms with E-state index >= 15 is 0 Å². The van der Waals surface area contributed by atoms with Gasteiger partial charge in [0, 0.05) is 13.0 Å². The van der Waals surface area contributed by atoms with Gasteiger partial charge >= 0.3 is 5.97 Å². The Morgan fingerprint density at radius 3 is 2.43 bits per heavy atom. The Labute approximate surface area is 124 Å². The summed E-state index contributed by atoms with van der Waals surface area (Å²) >= 11 is 0. The Kier molecular flexibility index (Phi) is 5.04. The van der Waals surface area contributed by atoms with Crippen LogP contribution < -0.4 is 5.32 Å². The molecule has 0 aliphatic heterocycles. The molecule has 1 saturated carbocycles. The first-order valence-corrected chi connectivity index (χ1v) is 7.68. The molecule has 0 radical (unpaired) electrons. The summed E-state index contributed by atoms with van der Waals surface area (Å²) in [5.74, 6) is -0.137. The van der Waals surface area contributed by atoms with Crippen LogP contribution >= 0.6 is 0 Å². The maximum Gasteiger partial charge on any atom is 0.311 e. The van der Waals surface area contributed by atoms with Gasteiger partial charge < -0.3 is 14.8 Å². The van der Waals surface area contributed by atoms with Gasteiger partial charge in [-0.25, -0.2) is 0 Å². The minimum atomic E-state index is -0.827. The molecule has 1 fully saturated rings. The van der Waals surface area contributed by atoms with Crippen LogP contribution in [0.3, 0.4) is 0 Å². The molecular formula is C16H23NO4. The van der Waals surface area contributed by atoms with Gasteiger partial charge in [0.05, 0.1) is 5.41 Å². The number of carboxylic acids is 1. The number of carbonyl (C=O) groups excluding carboxylic acids is 1. The zero-order valence-electron chi connectivity index (χ0n) is 12.5. The summed E-state index contributed by atoms with van der Waals surface area (Å²) in [5.41, 5.74) is -0.827. The molecule has 0 unspecified atom stereocenters. The number of aliphatic carboxylic acids is 1. The van der Waals surface area contributed by atoms with Crippen LogP contribution in [0.2, 0.25) is 0 Å². The van der Waals surface area contributed by atoms with Crippen molar-refractivity contribution >= 4 is 11.9 Å². The average Bonchev–Trinajstić information content (AvgIpc) is 2.83. The second-order valence-electron chi connectivity index (χ2n) is 5.80. The SMILES string of the molecule is CCc1ccc(C(=O)NCC2(C(=O)O)CCCCCC2)o1. The molecule has 0 atom stereocenters. The lowest BCUT2D eigenvalue weighted by atomic mass is 9.80. The predicted molar refractivity (Wildman–Crippen MR) is 78.2 cm³/mol. The van der Waals surface area contributed by atoms with E-state index in [4.69, 9.17) is 4.42 Å². The molecule has 5 heteroatoms. The van der Waals surface area contributed by atoms with E-state index in [-0.39, 0.29) is 18.2 Å². The van der Waals surface area contributed by atoms with Crippen molar-refractivity contribution in [2.75, 3.05) is 6.54 Å². The van der Waals surface area contributed by atoms with Crippen LogP contribution in [0.4, 0.5) is 0 Å². The first kappa shape index (κ1) is 15.6. The van der Waals surface area contributed by atoms with Crippen molar-refractivity contribution in [1.29, 1.82) is 0 Å². The number of carbonyl (C=O) groups is 2. The zero-order valence-corrected chi connectivity index (χ0v) is 12.5. The normalized spacial score (nSPS) is 18.0. The second-order valence-corrected chi connectivity index (χ2v) is 5.80. The van der Waals surface area contributed by atoms with Crippen LogP contribution in [-0.4, -0.2) is 23.5 Å². The summed E-state index contributed by atoms with van der Waals surface area (Å²) < 4.78 is 5.39. The highest BCUT2D eigenvalue weighted by Crippen LogP contribution is 2.34. The average molecular weight is 293 g/mol. The molecule has 1 aromatic heterocycles. The zero-order chi connectivity index (χ0) is 15.3. The quantitative estimate of drug-likeness (QED) is 0.818. The molecule has 21 heavy (non-hydrogen) atoms. The number of amides is 1. The summed E-state index contributed by atoms with van der Waals surface area (Å²) in [4.78, 5) is 23.7. The Bertz CT molecular complexity index is 498. The van der Waals surface area contributed by atoms with E-state index in [0.29, 0.717) is 12.8 Å². The first-order chi connectivity index (χ1) is 10.1. The Morgan fingerprint density at radius 1 is 1.24 bits per heavy atom. The van der Waals surface area contributed by atoms with E-state index in [1.807, 2.05) is 6.92 Å². The molecule has 1 amide bonds. The van der Waals surface area contributed by atoms with Gasteiger partial charge in [0.15, 0.2) is 5.76 Å². The maximum absolute atomic E-state index is 12.1. The van der Waals surface area contributed by atoms with Crippen LogP contribution in [0.5, 0.6) is 0 Å². The Balaban J connectivity index is 2.01. The van der Waals surface area contributed by atoms with E-state index in [9.17, 15) is 14.7 Å². The minimum absolute atomic E-state index is 0.170. The molecule has 0 aromatic carbocycles. The monoisotopic (exact) mass is 293 g/mol. The van der Waals surface area contributed by atoms with Crippen molar-refractivity contribution in [1.82, 2.24) is 5.32 Å². The topological polar surface area (TPSA) is 79.5 Å². The van der Waals surface area contributed by atoms with Crippen molar-refractivity contribution in [3.63, 3.8) is 0 Å². The lowest BCUT2D eigenvalue weighted by molar-refractivity contribution is -0.149. The molecule has 0 bridgehead atoms. The van der Waals surface area contributed by atoms with Gasteiger partial charge in [-0.1, -0.05) is 32.6 Å². The minimum Gasteiger partial charge on any atom is -0.481 e. The van der Waals surface area contributed by atoms with Crippen LogP contribution in [0.25, 0.3) is 0 Å². The predicted octanol–water partition coefficient (Wildman–Crippen LogP) is 3.00. The van der Waals surface area contributed by atoms with Gasteiger partial charge in [0.25, 0.3) is 5.91 Å². The molecule has 2 rings (SSSR count). The van der Waals surface area contributed by atoms with E-state index in [1.54, 1.807) is 12.1 Å². The van der Waals surface area contributed by atoms with Crippen molar-refractivity contribution in [3.05, 3.63) is 23.7 Å². The van der Waals surface area contributed by atoms with E-state index in [1.165, 1.54) is 0 Å².